The molecule has 6 N–H and O–H groups in total. The molecule has 3 amide bonds. The summed E-state index contributed by atoms with van der Waals surface area (Å²) < 4.78 is 39.0. The normalized spacial score (nSPS) is 20.4. The number of nitrogens with two attached hydrogens (primary N) is 2. The summed E-state index contributed by atoms with van der Waals surface area (Å²) in [5.74, 6) is -1.42. The number of anilines is 1. The van der Waals surface area contributed by atoms with Crippen molar-refractivity contribution in [2.24, 2.45) is 11.5 Å². The van der Waals surface area contributed by atoms with Gasteiger partial charge >= 0.3 is 35.7 Å². The largest absolute Gasteiger partial charge is 1.00 e. The number of nitrogens with one attached hydrogen (secondary N) is 1. The predicted molar refractivity (Wildman–Crippen MR) is 102 cm³/mol. The van der Waals surface area contributed by atoms with E-state index in [0.29, 0.717) is 11.1 Å². The Labute approximate surface area is 195 Å². The number of fused-ring (bicyclic) bond motifs is 2. The number of hydrogen-bond acceptors (Lipinski definition) is 7. The van der Waals surface area contributed by atoms with Gasteiger partial charge in [-0.15, -0.1) is 0 Å². The SMILES string of the molecule is Cc1ccc2c(c1OC(N)=O)NC(S(=O)(=O)O)C1CC(/C=C/C(N)=O)=CN1C2=O.[H-].[Na+]. The summed E-state index contributed by atoms with van der Waals surface area (Å²) in [6.45, 7) is 1.58. The van der Waals surface area contributed by atoms with E-state index < -0.39 is 39.4 Å². The molecule has 0 saturated heterocycles. The number of allylic oxidation sites excluding steroid dienone is 1. The Bertz CT molecular complexity index is 1090. The first kappa shape index (κ1) is 23.9. The van der Waals surface area contributed by atoms with E-state index in [-0.39, 0.29) is 54.4 Å². The maximum atomic E-state index is 13.1. The minimum absolute atomic E-state index is 0. The molecule has 2 atom stereocenters. The second-order valence-corrected chi connectivity index (χ2v) is 8.10. The molecule has 3 rings (SSSR count). The van der Waals surface area contributed by atoms with Gasteiger partial charge in [0.2, 0.25) is 5.91 Å². The Hall–Kier alpha value is -2.38. The Morgan fingerprint density at radius 3 is 2.60 bits per heavy atom. The zero-order valence-corrected chi connectivity index (χ0v) is 19.0. The van der Waals surface area contributed by atoms with Crippen molar-refractivity contribution >= 4 is 33.7 Å². The smallest absolute Gasteiger partial charge is 1.00 e. The van der Waals surface area contributed by atoms with Gasteiger partial charge in [-0.3, -0.25) is 14.1 Å². The fourth-order valence-electron chi connectivity index (χ4n) is 3.32. The van der Waals surface area contributed by atoms with Crippen LogP contribution in [0.15, 0.2) is 36.1 Å². The van der Waals surface area contributed by atoms with Crippen molar-refractivity contribution in [1.29, 1.82) is 0 Å². The molecule has 0 aliphatic carbocycles. The van der Waals surface area contributed by atoms with Crippen molar-refractivity contribution in [2.75, 3.05) is 5.32 Å². The molecule has 2 aliphatic heterocycles. The van der Waals surface area contributed by atoms with Crippen molar-refractivity contribution in [1.82, 2.24) is 4.90 Å². The second kappa shape index (κ2) is 8.78. The zero-order chi connectivity index (χ0) is 21.5. The van der Waals surface area contributed by atoms with Crippen LogP contribution in [0, 0.1) is 6.92 Å². The standard InChI is InChI=1S/C17H18N4O7S.Na.H/c1-8-2-4-10-13(14(8)28-17(19)24)20-15(29(25,26)27)11-6-9(3-5-12(18)22)7-21(11)16(10)23;;/h2-5,7,11,15,20H,6H2,1H3,(H2,18,22)(H2,19,24)(H,25,26,27);;/q;+1;-1/b5-3+;;. The van der Waals surface area contributed by atoms with Gasteiger partial charge < -0.3 is 27.8 Å². The molecule has 1 aromatic rings. The summed E-state index contributed by atoms with van der Waals surface area (Å²) in [4.78, 5) is 36.5. The third-order valence-corrected chi connectivity index (χ3v) is 5.62. The maximum Gasteiger partial charge on any atom is 1.00 e. The number of nitrogens with zero attached hydrogens (tertiary/aromatic N) is 1. The van der Waals surface area contributed by atoms with Crippen LogP contribution in [0.1, 0.15) is 23.8 Å². The monoisotopic (exact) mass is 446 g/mol. The number of carbonyl (C=O) groups is 3. The maximum absolute atomic E-state index is 13.1. The van der Waals surface area contributed by atoms with Crippen LogP contribution >= 0.6 is 0 Å². The van der Waals surface area contributed by atoms with Crippen LogP contribution in [0.2, 0.25) is 0 Å². The van der Waals surface area contributed by atoms with Gasteiger partial charge in [0.25, 0.3) is 16.0 Å². The molecular weight excluding hydrogens is 427 g/mol. The van der Waals surface area contributed by atoms with Gasteiger partial charge in [0, 0.05) is 12.3 Å². The summed E-state index contributed by atoms with van der Waals surface area (Å²) >= 11 is 0. The summed E-state index contributed by atoms with van der Waals surface area (Å²) in [5, 5.41) is 0.981. The molecule has 30 heavy (non-hydrogen) atoms. The Kier molecular flexibility index (Phi) is 6.99. The molecule has 0 saturated carbocycles. The van der Waals surface area contributed by atoms with Crippen LogP contribution in [0.5, 0.6) is 5.75 Å². The first-order valence-electron chi connectivity index (χ1n) is 8.33. The van der Waals surface area contributed by atoms with Crippen LogP contribution in [-0.4, -0.2) is 47.2 Å². The van der Waals surface area contributed by atoms with E-state index in [1.165, 1.54) is 24.4 Å². The van der Waals surface area contributed by atoms with E-state index >= 15 is 0 Å². The van der Waals surface area contributed by atoms with E-state index in [4.69, 9.17) is 16.2 Å². The van der Waals surface area contributed by atoms with Crippen LogP contribution in [0.4, 0.5) is 10.5 Å². The first-order valence-corrected chi connectivity index (χ1v) is 9.84. The minimum atomic E-state index is -4.71. The van der Waals surface area contributed by atoms with Crippen molar-refractivity contribution in [3.8, 4) is 5.75 Å². The third-order valence-electron chi connectivity index (χ3n) is 4.55. The van der Waals surface area contributed by atoms with Gasteiger partial charge in [0.05, 0.1) is 17.3 Å². The second-order valence-electron chi connectivity index (χ2n) is 6.56. The van der Waals surface area contributed by atoms with Crippen LogP contribution in [0.25, 0.3) is 0 Å². The van der Waals surface area contributed by atoms with E-state index in [2.05, 4.69) is 5.32 Å². The zero-order valence-electron chi connectivity index (χ0n) is 17.2. The molecular formula is C17H19N4NaO7S. The van der Waals surface area contributed by atoms with Crippen LogP contribution in [0.3, 0.4) is 0 Å². The summed E-state index contributed by atoms with van der Waals surface area (Å²) in [5.41, 5.74) is 11.0. The van der Waals surface area contributed by atoms with E-state index in [9.17, 15) is 27.4 Å². The van der Waals surface area contributed by atoms with Crippen molar-refractivity contribution < 1.29 is 63.1 Å². The molecule has 11 nitrogen and oxygen atoms in total. The third kappa shape index (κ3) is 4.68. The van der Waals surface area contributed by atoms with Crippen molar-refractivity contribution in [2.45, 2.75) is 24.8 Å². The molecule has 0 aromatic heterocycles. The fourth-order valence-corrected chi connectivity index (χ4v) is 4.21. The Balaban J connectivity index is 0.00000240. The van der Waals surface area contributed by atoms with Crippen LogP contribution in [-0.2, 0) is 14.9 Å². The van der Waals surface area contributed by atoms with Gasteiger partial charge in [-0.05, 0) is 30.5 Å². The molecule has 2 unspecified atom stereocenters. The Morgan fingerprint density at radius 1 is 1.37 bits per heavy atom. The molecule has 13 heteroatoms. The molecule has 1 aromatic carbocycles. The molecule has 0 radical (unpaired) electrons. The summed E-state index contributed by atoms with van der Waals surface area (Å²) in [7, 11) is -4.71. The summed E-state index contributed by atoms with van der Waals surface area (Å²) in [6.07, 6.45) is 2.68. The molecule has 0 fully saturated rings. The predicted octanol–water partition coefficient (Wildman–Crippen LogP) is -2.65. The van der Waals surface area contributed by atoms with E-state index in [1.807, 2.05) is 0 Å². The molecule has 0 spiro atoms. The summed E-state index contributed by atoms with van der Waals surface area (Å²) in [6, 6.07) is 1.91. The number of benzene rings is 1. The number of carbonyl (C=O) groups excluding carboxylic acids is 3. The number of primary amides is 2. The molecule has 2 aliphatic rings. The van der Waals surface area contributed by atoms with Gasteiger partial charge in [-0.25, -0.2) is 4.79 Å². The van der Waals surface area contributed by atoms with Crippen molar-refractivity contribution in [3.05, 3.63) is 47.2 Å². The number of hydrogen-bond donors (Lipinski definition) is 4. The molecule has 0 bridgehead atoms. The number of rotatable bonds is 4. The average molecular weight is 446 g/mol. The van der Waals surface area contributed by atoms with E-state index in [0.717, 1.165) is 11.0 Å². The number of ether oxygens (including phenoxy) is 1. The van der Waals surface area contributed by atoms with Crippen LogP contribution < -0.4 is 51.1 Å². The number of aryl methyl sites for hydroxylation is 1. The molecule has 2 heterocycles. The molecule has 156 valence electrons. The van der Waals surface area contributed by atoms with Gasteiger partial charge in [-0.1, -0.05) is 12.1 Å². The van der Waals surface area contributed by atoms with E-state index in [1.54, 1.807) is 6.92 Å². The Morgan fingerprint density at radius 2 is 2.03 bits per heavy atom. The van der Waals surface area contributed by atoms with Gasteiger partial charge in [0.1, 0.15) is 0 Å². The van der Waals surface area contributed by atoms with Gasteiger partial charge in [-0.2, -0.15) is 8.42 Å². The fraction of sp³-hybridized carbons (Fsp3) is 0.235. The first-order chi connectivity index (χ1) is 13.5. The van der Waals surface area contributed by atoms with Crippen molar-refractivity contribution in [3.63, 3.8) is 0 Å². The van der Waals surface area contributed by atoms with Gasteiger partial charge in [0.15, 0.2) is 11.1 Å². The number of amides is 3. The average Bonchev–Trinajstić information content (AvgIpc) is 2.97. The topological polar surface area (TPSA) is 182 Å². The minimum Gasteiger partial charge on any atom is -1.00 e. The quantitative estimate of drug-likeness (QED) is 0.220.